The van der Waals surface area contributed by atoms with Crippen LogP contribution in [-0.4, -0.2) is 34.6 Å². The highest BCUT2D eigenvalue weighted by atomic mass is 35.5. The fraction of sp³-hybridized carbons (Fsp3) is 0.417. The lowest BCUT2D eigenvalue weighted by Gasteiger charge is -2.31. The molecule has 4 nitrogen and oxygen atoms in total. The second kappa shape index (κ2) is 12.0. The minimum absolute atomic E-state index is 0.0227. The Morgan fingerprint density at radius 1 is 1.10 bits per heavy atom. The molecule has 0 aliphatic carbocycles. The van der Waals surface area contributed by atoms with Crippen LogP contribution in [0.5, 0.6) is 0 Å². The predicted octanol–water partition coefficient (Wildman–Crippen LogP) is 5.21. The number of aryl methyl sites for hydroxylation is 1. The van der Waals surface area contributed by atoms with E-state index in [4.69, 9.17) is 11.6 Å². The number of thioether (sulfide) groups is 1. The number of halogens is 1. The van der Waals surface area contributed by atoms with Crippen LogP contribution in [0.15, 0.2) is 48.5 Å². The normalized spacial score (nSPS) is 11.9. The Balaban J connectivity index is 2.13. The molecule has 30 heavy (non-hydrogen) atoms. The van der Waals surface area contributed by atoms with Gasteiger partial charge in [0, 0.05) is 23.4 Å². The third-order valence-electron chi connectivity index (χ3n) is 4.83. The second-order valence-corrected chi connectivity index (χ2v) is 9.08. The third kappa shape index (κ3) is 7.37. The van der Waals surface area contributed by atoms with E-state index in [9.17, 15) is 9.59 Å². The van der Waals surface area contributed by atoms with Gasteiger partial charge in [0.05, 0.1) is 5.75 Å². The van der Waals surface area contributed by atoms with Crippen molar-refractivity contribution in [1.82, 2.24) is 10.2 Å². The van der Waals surface area contributed by atoms with Gasteiger partial charge in [-0.25, -0.2) is 0 Å². The highest BCUT2D eigenvalue weighted by Crippen LogP contribution is 2.20. The number of amides is 2. The molecule has 0 bridgehead atoms. The fourth-order valence-electron chi connectivity index (χ4n) is 3.19. The van der Waals surface area contributed by atoms with Crippen LogP contribution in [-0.2, 0) is 21.9 Å². The maximum absolute atomic E-state index is 13.2. The molecule has 0 saturated heterocycles. The molecule has 0 heterocycles. The van der Waals surface area contributed by atoms with Gasteiger partial charge in [-0.1, -0.05) is 54.9 Å². The highest BCUT2D eigenvalue weighted by Gasteiger charge is 2.28. The molecule has 0 aliphatic heterocycles. The van der Waals surface area contributed by atoms with Crippen LogP contribution in [0.2, 0.25) is 5.02 Å². The van der Waals surface area contributed by atoms with Crippen LogP contribution < -0.4 is 5.32 Å². The molecule has 0 aromatic heterocycles. The molecule has 1 N–H and O–H groups in total. The largest absolute Gasteiger partial charge is 0.352 e. The smallest absolute Gasteiger partial charge is 0.243 e. The van der Waals surface area contributed by atoms with E-state index in [1.807, 2.05) is 57.2 Å². The monoisotopic (exact) mass is 446 g/mol. The number of carbonyl (C=O) groups excluding carboxylic acids is 2. The zero-order valence-electron chi connectivity index (χ0n) is 18.2. The molecule has 0 spiro atoms. The Hall–Kier alpha value is -1.98. The number of rotatable bonds is 10. The molecule has 0 radical (unpaired) electrons. The van der Waals surface area contributed by atoms with Crippen LogP contribution >= 0.6 is 23.4 Å². The van der Waals surface area contributed by atoms with E-state index in [2.05, 4.69) is 24.4 Å². The minimum atomic E-state index is -0.505. The number of carbonyl (C=O) groups is 2. The van der Waals surface area contributed by atoms with Gasteiger partial charge in [-0.05, 0) is 56.0 Å². The van der Waals surface area contributed by atoms with Crippen molar-refractivity contribution in [2.75, 3.05) is 5.75 Å². The summed E-state index contributed by atoms with van der Waals surface area (Å²) in [4.78, 5) is 27.7. The van der Waals surface area contributed by atoms with Crippen molar-refractivity contribution in [3.63, 3.8) is 0 Å². The van der Waals surface area contributed by atoms with Crippen LogP contribution in [0.25, 0.3) is 0 Å². The van der Waals surface area contributed by atoms with Gasteiger partial charge in [-0.3, -0.25) is 9.59 Å². The quantitative estimate of drug-likeness (QED) is 0.544. The average Bonchev–Trinajstić information content (AvgIpc) is 2.70. The van der Waals surface area contributed by atoms with Gasteiger partial charge in [-0.2, -0.15) is 0 Å². The molecule has 0 fully saturated rings. The zero-order chi connectivity index (χ0) is 22.1. The summed E-state index contributed by atoms with van der Waals surface area (Å²) in [6.07, 6.45) is 0.556. The standard InChI is InChI=1S/C24H31ClN2O2S/c1-5-22(24(29)26-17(2)3)27(14-19-10-12-21(25)13-11-19)23(28)16-30-15-20-9-7-6-8-18(20)4/h6-13,17,22H,5,14-16H2,1-4H3,(H,26,29)/t22-/m1/s1. The fourth-order valence-corrected chi connectivity index (χ4v) is 4.30. The van der Waals surface area contributed by atoms with Gasteiger partial charge >= 0.3 is 0 Å². The molecule has 2 rings (SSSR count). The Kier molecular flexibility index (Phi) is 9.73. The van der Waals surface area contributed by atoms with Crippen molar-refractivity contribution in [2.45, 2.75) is 58.5 Å². The van der Waals surface area contributed by atoms with Gasteiger partial charge in [0.25, 0.3) is 0 Å². The summed E-state index contributed by atoms with van der Waals surface area (Å²) in [7, 11) is 0. The number of nitrogens with zero attached hydrogens (tertiary/aromatic N) is 1. The molecule has 6 heteroatoms. The lowest BCUT2D eigenvalue weighted by Crippen LogP contribution is -2.50. The van der Waals surface area contributed by atoms with E-state index < -0.39 is 6.04 Å². The van der Waals surface area contributed by atoms with E-state index in [1.165, 1.54) is 11.1 Å². The van der Waals surface area contributed by atoms with E-state index in [0.29, 0.717) is 23.7 Å². The first-order valence-corrected chi connectivity index (χ1v) is 11.8. The molecular formula is C24H31ClN2O2S. The van der Waals surface area contributed by atoms with Crippen LogP contribution in [0.3, 0.4) is 0 Å². The molecular weight excluding hydrogens is 416 g/mol. The Morgan fingerprint density at radius 2 is 1.77 bits per heavy atom. The number of nitrogens with one attached hydrogen (secondary N) is 1. The number of hydrogen-bond donors (Lipinski definition) is 1. The molecule has 0 saturated carbocycles. The SMILES string of the molecule is CC[C@H](C(=O)NC(C)C)N(Cc1ccc(Cl)cc1)C(=O)CSCc1ccccc1C. The predicted molar refractivity (Wildman–Crippen MR) is 127 cm³/mol. The Morgan fingerprint density at radius 3 is 2.37 bits per heavy atom. The van der Waals surface area contributed by atoms with Crippen molar-refractivity contribution in [1.29, 1.82) is 0 Å². The molecule has 1 atom stereocenters. The van der Waals surface area contributed by atoms with Crippen molar-refractivity contribution in [2.24, 2.45) is 0 Å². The third-order valence-corrected chi connectivity index (χ3v) is 6.05. The van der Waals surface area contributed by atoms with Crippen molar-refractivity contribution in [3.05, 3.63) is 70.2 Å². The molecule has 2 aromatic rings. The average molecular weight is 447 g/mol. The first kappa shape index (κ1) is 24.3. The first-order valence-electron chi connectivity index (χ1n) is 10.3. The zero-order valence-corrected chi connectivity index (χ0v) is 19.7. The van der Waals surface area contributed by atoms with Crippen LogP contribution in [0, 0.1) is 6.92 Å². The maximum Gasteiger partial charge on any atom is 0.243 e. The van der Waals surface area contributed by atoms with Crippen molar-refractivity contribution >= 4 is 35.2 Å². The van der Waals surface area contributed by atoms with Crippen molar-refractivity contribution < 1.29 is 9.59 Å². The van der Waals surface area contributed by atoms with Gasteiger partial charge in [0.2, 0.25) is 11.8 Å². The van der Waals surface area contributed by atoms with Crippen molar-refractivity contribution in [3.8, 4) is 0 Å². The summed E-state index contributed by atoms with van der Waals surface area (Å²) in [6.45, 7) is 8.24. The molecule has 0 aliphatic rings. The maximum atomic E-state index is 13.2. The number of benzene rings is 2. The summed E-state index contributed by atoms with van der Waals surface area (Å²) in [5.74, 6) is 0.947. The summed E-state index contributed by atoms with van der Waals surface area (Å²) in [5.41, 5.74) is 3.40. The molecule has 0 unspecified atom stereocenters. The topological polar surface area (TPSA) is 49.4 Å². The van der Waals surface area contributed by atoms with E-state index >= 15 is 0 Å². The number of hydrogen-bond acceptors (Lipinski definition) is 3. The Labute approximate surface area is 189 Å². The van der Waals surface area contributed by atoms with Crippen LogP contribution in [0.4, 0.5) is 0 Å². The molecule has 162 valence electrons. The first-order chi connectivity index (χ1) is 14.3. The molecule has 2 amide bonds. The van der Waals surface area contributed by atoms with Gasteiger partial charge in [-0.15, -0.1) is 11.8 Å². The highest BCUT2D eigenvalue weighted by molar-refractivity contribution is 7.99. The summed E-state index contributed by atoms with van der Waals surface area (Å²) in [6, 6.07) is 15.1. The van der Waals surface area contributed by atoms with Crippen LogP contribution in [0.1, 0.15) is 43.9 Å². The van der Waals surface area contributed by atoms with Gasteiger partial charge in [0.1, 0.15) is 6.04 Å². The Bertz CT molecular complexity index is 839. The summed E-state index contributed by atoms with van der Waals surface area (Å²) in [5, 5.41) is 3.60. The van der Waals surface area contributed by atoms with Gasteiger partial charge in [0.15, 0.2) is 0 Å². The summed E-state index contributed by atoms with van der Waals surface area (Å²) < 4.78 is 0. The van der Waals surface area contributed by atoms with Gasteiger partial charge < -0.3 is 10.2 Å². The lowest BCUT2D eigenvalue weighted by molar-refractivity contribution is -0.139. The minimum Gasteiger partial charge on any atom is -0.352 e. The summed E-state index contributed by atoms with van der Waals surface area (Å²) >= 11 is 7.58. The van der Waals surface area contributed by atoms with E-state index in [-0.39, 0.29) is 17.9 Å². The molecule has 2 aromatic carbocycles. The van der Waals surface area contributed by atoms with E-state index in [1.54, 1.807) is 16.7 Å². The second-order valence-electron chi connectivity index (χ2n) is 7.65. The lowest BCUT2D eigenvalue weighted by atomic mass is 10.1. The van der Waals surface area contributed by atoms with E-state index in [0.717, 1.165) is 11.3 Å².